The van der Waals surface area contributed by atoms with Gasteiger partial charge < -0.3 is 4.74 Å². The van der Waals surface area contributed by atoms with Gasteiger partial charge in [-0.2, -0.15) is 5.26 Å². The van der Waals surface area contributed by atoms with E-state index in [1.54, 1.807) is 24.3 Å². The largest absolute Gasteiger partial charge is 0.467 e. The summed E-state index contributed by atoms with van der Waals surface area (Å²) in [7, 11) is 0. The lowest BCUT2D eigenvalue weighted by atomic mass is 10.2. The van der Waals surface area contributed by atoms with Crippen molar-refractivity contribution < 1.29 is 9.53 Å². The van der Waals surface area contributed by atoms with Crippen LogP contribution in [0.1, 0.15) is 5.56 Å². The number of ether oxygens (including phenoxy) is 1. The number of para-hydroxylation sites is 1. The van der Waals surface area contributed by atoms with E-state index in [0.717, 1.165) is 0 Å². The summed E-state index contributed by atoms with van der Waals surface area (Å²) in [6.07, 6.45) is -0.553. The van der Waals surface area contributed by atoms with Crippen molar-refractivity contribution in [2.24, 2.45) is 5.73 Å². The molecule has 1 atom stereocenters. The summed E-state index contributed by atoms with van der Waals surface area (Å²) in [6.45, 7) is 0. The Kier molecular flexibility index (Phi) is 3.01. The molecular formula is C9H8N2O2. The molecule has 0 radical (unpaired) electrons. The SMILES string of the molecule is N#Cc1ccccc1O[C@H](N)C=O. The molecule has 0 aliphatic heterocycles. The van der Waals surface area contributed by atoms with E-state index >= 15 is 0 Å². The number of hydrogen-bond acceptors (Lipinski definition) is 4. The third-order valence-corrected chi connectivity index (χ3v) is 1.40. The maximum Gasteiger partial charge on any atom is 0.204 e. The van der Waals surface area contributed by atoms with E-state index in [2.05, 4.69) is 0 Å². The lowest BCUT2D eigenvalue weighted by molar-refractivity contribution is -0.113. The molecule has 0 unspecified atom stereocenters. The van der Waals surface area contributed by atoms with Crippen LogP contribution in [0.5, 0.6) is 5.75 Å². The third kappa shape index (κ3) is 2.29. The number of nitrogens with zero attached hydrogens (tertiary/aromatic N) is 1. The van der Waals surface area contributed by atoms with Crippen LogP contribution in [-0.4, -0.2) is 12.5 Å². The number of nitrogens with two attached hydrogens (primary N) is 1. The van der Waals surface area contributed by atoms with Gasteiger partial charge in [-0.05, 0) is 12.1 Å². The van der Waals surface area contributed by atoms with Crippen LogP contribution < -0.4 is 10.5 Å². The normalized spacial score (nSPS) is 11.4. The highest BCUT2D eigenvalue weighted by Gasteiger charge is 2.05. The zero-order valence-corrected chi connectivity index (χ0v) is 6.81. The second-order valence-electron chi connectivity index (χ2n) is 2.33. The summed E-state index contributed by atoms with van der Waals surface area (Å²) in [5.74, 6) is 0.324. The van der Waals surface area contributed by atoms with Crippen LogP contribution in [0.2, 0.25) is 0 Å². The molecule has 0 saturated carbocycles. The monoisotopic (exact) mass is 176 g/mol. The first-order chi connectivity index (χ1) is 6.27. The topological polar surface area (TPSA) is 76.1 Å². The Labute approximate surface area is 75.5 Å². The second kappa shape index (κ2) is 4.24. The van der Waals surface area contributed by atoms with Crippen LogP contribution in [0.15, 0.2) is 24.3 Å². The predicted molar refractivity (Wildman–Crippen MR) is 45.8 cm³/mol. The van der Waals surface area contributed by atoms with Gasteiger partial charge in [0, 0.05) is 0 Å². The van der Waals surface area contributed by atoms with Crippen molar-refractivity contribution in [1.29, 1.82) is 5.26 Å². The molecule has 0 saturated heterocycles. The average molecular weight is 176 g/mol. The second-order valence-corrected chi connectivity index (χ2v) is 2.33. The van der Waals surface area contributed by atoms with E-state index in [-0.39, 0.29) is 0 Å². The number of carbonyl (C=O) groups excluding carboxylic acids is 1. The number of aldehydes is 1. The number of carbonyl (C=O) groups is 1. The fraction of sp³-hybridized carbons (Fsp3) is 0.111. The first kappa shape index (κ1) is 9.23. The van der Waals surface area contributed by atoms with Crippen LogP contribution in [0.3, 0.4) is 0 Å². The van der Waals surface area contributed by atoms with E-state index in [9.17, 15) is 4.79 Å². The van der Waals surface area contributed by atoms with Gasteiger partial charge in [0.25, 0.3) is 0 Å². The van der Waals surface area contributed by atoms with Crippen molar-refractivity contribution in [3.8, 4) is 11.8 Å². The minimum absolute atomic E-state index is 0.324. The molecule has 0 aliphatic carbocycles. The Balaban J connectivity index is 2.88. The number of benzene rings is 1. The molecule has 1 rings (SSSR count). The summed E-state index contributed by atoms with van der Waals surface area (Å²) in [5, 5.41) is 8.64. The summed E-state index contributed by atoms with van der Waals surface area (Å²) in [6, 6.07) is 8.51. The van der Waals surface area contributed by atoms with E-state index in [1.165, 1.54) is 0 Å². The molecule has 1 aromatic rings. The van der Waals surface area contributed by atoms with Gasteiger partial charge in [-0.15, -0.1) is 0 Å². The van der Waals surface area contributed by atoms with Gasteiger partial charge in [0.1, 0.15) is 11.8 Å². The van der Waals surface area contributed by atoms with Crippen molar-refractivity contribution >= 4 is 6.29 Å². The molecule has 13 heavy (non-hydrogen) atoms. The standard InChI is InChI=1S/C9H8N2O2/c10-5-7-3-1-2-4-8(7)13-9(11)6-12/h1-4,6,9H,11H2/t9-/m0/s1. The quantitative estimate of drug-likeness (QED) is 0.535. The highest BCUT2D eigenvalue weighted by atomic mass is 16.5. The molecule has 0 aromatic heterocycles. The first-order valence-electron chi connectivity index (χ1n) is 3.64. The highest BCUT2D eigenvalue weighted by molar-refractivity contribution is 5.56. The Hall–Kier alpha value is -1.86. The molecule has 4 heteroatoms. The molecule has 1 aromatic carbocycles. The van der Waals surface area contributed by atoms with Gasteiger partial charge in [0.2, 0.25) is 6.23 Å². The maximum absolute atomic E-state index is 10.2. The molecule has 2 N–H and O–H groups in total. The van der Waals surface area contributed by atoms with E-state index in [4.69, 9.17) is 15.7 Å². The van der Waals surface area contributed by atoms with Gasteiger partial charge in [0.05, 0.1) is 5.56 Å². The summed E-state index contributed by atoms with van der Waals surface area (Å²) in [5.41, 5.74) is 5.59. The van der Waals surface area contributed by atoms with Crippen molar-refractivity contribution in [3.63, 3.8) is 0 Å². The number of rotatable bonds is 3. The summed E-state index contributed by atoms with van der Waals surface area (Å²) < 4.78 is 4.97. The molecule has 0 heterocycles. The van der Waals surface area contributed by atoms with E-state index in [1.807, 2.05) is 6.07 Å². The van der Waals surface area contributed by atoms with Crippen LogP contribution in [-0.2, 0) is 4.79 Å². The molecule has 0 fully saturated rings. The third-order valence-electron chi connectivity index (χ3n) is 1.40. The van der Waals surface area contributed by atoms with Gasteiger partial charge in [-0.3, -0.25) is 10.5 Å². The van der Waals surface area contributed by atoms with Crippen LogP contribution in [0.4, 0.5) is 0 Å². The fourth-order valence-corrected chi connectivity index (χ4v) is 0.836. The Bertz CT molecular complexity index is 344. The molecule has 4 nitrogen and oxygen atoms in total. The predicted octanol–water partition coefficient (Wildman–Crippen LogP) is 0.421. The summed E-state index contributed by atoms with van der Waals surface area (Å²) >= 11 is 0. The molecule has 0 amide bonds. The Morgan fingerprint density at radius 2 is 2.23 bits per heavy atom. The van der Waals surface area contributed by atoms with Crippen molar-refractivity contribution in [3.05, 3.63) is 29.8 Å². The van der Waals surface area contributed by atoms with Crippen LogP contribution in [0.25, 0.3) is 0 Å². The van der Waals surface area contributed by atoms with Crippen LogP contribution >= 0.6 is 0 Å². The smallest absolute Gasteiger partial charge is 0.204 e. The van der Waals surface area contributed by atoms with Crippen molar-refractivity contribution in [2.45, 2.75) is 6.23 Å². The minimum atomic E-state index is -1.02. The number of hydrogen-bond donors (Lipinski definition) is 1. The Morgan fingerprint density at radius 1 is 1.54 bits per heavy atom. The van der Waals surface area contributed by atoms with Gasteiger partial charge >= 0.3 is 0 Å². The van der Waals surface area contributed by atoms with Gasteiger partial charge in [-0.25, -0.2) is 0 Å². The van der Waals surface area contributed by atoms with Gasteiger partial charge in [0.15, 0.2) is 6.29 Å². The average Bonchev–Trinajstić information content (AvgIpc) is 2.18. The minimum Gasteiger partial charge on any atom is -0.467 e. The lowest BCUT2D eigenvalue weighted by Crippen LogP contribution is -2.28. The highest BCUT2D eigenvalue weighted by Crippen LogP contribution is 2.16. The van der Waals surface area contributed by atoms with Crippen LogP contribution in [0, 0.1) is 11.3 Å². The van der Waals surface area contributed by atoms with Crippen molar-refractivity contribution in [2.75, 3.05) is 0 Å². The van der Waals surface area contributed by atoms with Crippen molar-refractivity contribution in [1.82, 2.24) is 0 Å². The molecular weight excluding hydrogens is 168 g/mol. The summed E-state index contributed by atoms with van der Waals surface area (Å²) in [4.78, 5) is 10.2. The number of nitriles is 1. The Morgan fingerprint density at radius 3 is 2.85 bits per heavy atom. The fourth-order valence-electron chi connectivity index (χ4n) is 0.836. The van der Waals surface area contributed by atoms with E-state index < -0.39 is 6.23 Å². The van der Waals surface area contributed by atoms with E-state index in [0.29, 0.717) is 17.6 Å². The molecule has 0 bridgehead atoms. The lowest BCUT2D eigenvalue weighted by Gasteiger charge is -2.08. The molecule has 66 valence electrons. The first-order valence-corrected chi connectivity index (χ1v) is 3.64. The molecule has 0 spiro atoms. The molecule has 0 aliphatic rings. The van der Waals surface area contributed by atoms with Gasteiger partial charge in [-0.1, -0.05) is 12.1 Å². The zero-order valence-electron chi connectivity index (χ0n) is 6.81. The maximum atomic E-state index is 10.2. The zero-order chi connectivity index (χ0) is 9.68.